The summed E-state index contributed by atoms with van der Waals surface area (Å²) in [6, 6.07) is 14.9. The van der Waals surface area contributed by atoms with Crippen molar-refractivity contribution >= 4 is 28.4 Å². The molecule has 3 aromatic rings. The zero-order chi connectivity index (χ0) is 19.2. The number of benzene rings is 2. The number of fused-ring (bicyclic) bond motifs is 1. The molecule has 0 spiro atoms. The van der Waals surface area contributed by atoms with E-state index in [0.29, 0.717) is 18.7 Å². The Kier molecular flexibility index (Phi) is 5.76. The van der Waals surface area contributed by atoms with Gasteiger partial charge in [-0.3, -0.25) is 9.59 Å². The second-order valence-corrected chi connectivity index (χ2v) is 6.31. The highest BCUT2D eigenvalue weighted by molar-refractivity contribution is 5.98. The van der Waals surface area contributed by atoms with Crippen LogP contribution in [0.3, 0.4) is 0 Å². The number of ether oxygens (including phenoxy) is 1. The van der Waals surface area contributed by atoms with E-state index in [1.165, 1.54) is 0 Å². The summed E-state index contributed by atoms with van der Waals surface area (Å²) in [5, 5.41) is 6.69. The highest BCUT2D eigenvalue weighted by Gasteiger charge is 2.10. The van der Waals surface area contributed by atoms with Crippen LogP contribution in [0.15, 0.2) is 48.5 Å². The lowest BCUT2D eigenvalue weighted by atomic mass is 10.2. The smallest absolute Gasteiger partial charge is 0.267 e. The van der Waals surface area contributed by atoms with Crippen molar-refractivity contribution in [3.8, 4) is 5.75 Å². The molecule has 3 rings (SSSR count). The molecular weight excluding hydrogens is 342 g/mol. The fourth-order valence-corrected chi connectivity index (χ4v) is 2.79. The Balaban J connectivity index is 1.59. The van der Waals surface area contributed by atoms with Gasteiger partial charge in [-0.25, -0.2) is 0 Å². The largest absolute Gasteiger partial charge is 0.497 e. The molecule has 2 aromatic carbocycles. The zero-order valence-electron chi connectivity index (χ0n) is 15.5. The molecule has 140 valence electrons. The van der Waals surface area contributed by atoms with Crippen LogP contribution in [0, 0.1) is 0 Å². The number of carbonyl (C=O) groups excluding carboxylic acids is 2. The van der Waals surface area contributed by atoms with Gasteiger partial charge in [-0.05, 0) is 42.3 Å². The summed E-state index contributed by atoms with van der Waals surface area (Å²) in [5.74, 6) is 0.571. The van der Waals surface area contributed by atoms with Gasteiger partial charge in [0.2, 0.25) is 5.91 Å². The highest BCUT2D eigenvalue weighted by Crippen LogP contribution is 2.21. The molecule has 6 nitrogen and oxygen atoms in total. The Bertz CT molecular complexity index is 945. The quantitative estimate of drug-likeness (QED) is 0.595. The maximum Gasteiger partial charge on any atom is 0.267 e. The van der Waals surface area contributed by atoms with Crippen LogP contribution in [0.25, 0.3) is 10.9 Å². The SMILES string of the molecule is CCCC(=O)Nc1ccc(CNC(=O)c2cc3ccc(OC)cc3[nH]2)cc1. The molecular formula is C21H23N3O3. The zero-order valence-corrected chi connectivity index (χ0v) is 15.5. The van der Waals surface area contributed by atoms with Crippen molar-refractivity contribution < 1.29 is 14.3 Å². The maximum absolute atomic E-state index is 12.4. The summed E-state index contributed by atoms with van der Waals surface area (Å²) >= 11 is 0. The molecule has 3 N–H and O–H groups in total. The highest BCUT2D eigenvalue weighted by atomic mass is 16.5. The molecule has 0 aliphatic heterocycles. The van der Waals surface area contributed by atoms with Crippen LogP contribution in [0.4, 0.5) is 5.69 Å². The van der Waals surface area contributed by atoms with Crippen LogP contribution in [0.2, 0.25) is 0 Å². The van der Waals surface area contributed by atoms with Gasteiger partial charge in [0.25, 0.3) is 5.91 Å². The first-order chi connectivity index (χ1) is 13.1. The number of anilines is 1. The summed E-state index contributed by atoms with van der Waals surface area (Å²) in [7, 11) is 1.61. The number of nitrogens with one attached hydrogen (secondary N) is 3. The molecule has 0 aliphatic rings. The van der Waals surface area contributed by atoms with E-state index < -0.39 is 0 Å². The molecule has 0 saturated carbocycles. The minimum absolute atomic E-state index is 0.00833. The third kappa shape index (κ3) is 4.67. The first kappa shape index (κ1) is 18.5. The number of methoxy groups -OCH3 is 1. The molecule has 2 amide bonds. The van der Waals surface area contributed by atoms with Crippen molar-refractivity contribution in [1.29, 1.82) is 0 Å². The number of aromatic nitrogens is 1. The first-order valence-electron chi connectivity index (χ1n) is 8.93. The fourth-order valence-electron chi connectivity index (χ4n) is 2.79. The first-order valence-corrected chi connectivity index (χ1v) is 8.93. The van der Waals surface area contributed by atoms with Gasteiger partial charge in [-0.15, -0.1) is 0 Å². The molecule has 0 saturated heterocycles. The molecule has 27 heavy (non-hydrogen) atoms. The fraction of sp³-hybridized carbons (Fsp3) is 0.238. The minimum atomic E-state index is -0.175. The van der Waals surface area contributed by atoms with E-state index >= 15 is 0 Å². The maximum atomic E-state index is 12.4. The lowest BCUT2D eigenvalue weighted by Crippen LogP contribution is -2.23. The normalized spacial score (nSPS) is 10.6. The number of hydrogen-bond donors (Lipinski definition) is 3. The topological polar surface area (TPSA) is 83.2 Å². The number of H-pyrrole nitrogens is 1. The Morgan fingerprint density at radius 2 is 1.85 bits per heavy atom. The summed E-state index contributed by atoms with van der Waals surface area (Å²) in [6.07, 6.45) is 1.32. The predicted octanol–water partition coefficient (Wildman–Crippen LogP) is 3.85. The molecule has 0 radical (unpaired) electrons. The lowest BCUT2D eigenvalue weighted by Gasteiger charge is -2.07. The van der Waals surface area contributed by atoms with Gasteiger partial charge in [0.1, 0.15) is 11.4 Å². The van der Waals surface area contributed by atoms with Crippen molar-refractivity contribution in [3.63, 3.8) is 0 Å². The van der Waals surface area contributed by atoms with Gasteiger partial charge >= 0.3 is 0 Å². The molecule has 0 aliphatic carbocycles. The van der Waals surface area contributed by atoms with Gasteiger partial charge in [-0.2, -0.15) is 0 Å². The molecule has 0 atom stereocenters. The number of aromatic amines is 1. The van der Waals surface area contributed by atoms with E-state index in [9.17, 15) is 9.59 Å². The third-order valence-electron chi connectivity index (χ3n) is 4.24. The third-order valence-corrected chi connectivity index (χ3v) is 4.24. The number of rotatable bonds is 7. The van der Waals surface area contributed by atoms with Gasteiger partial charge in [0.05, 0.1) is 7.11 Å². The summed E-state index contributed by atoms with van der Waals surface area (Å²) in [6.45, 7) is 2.37. The van der Waals surface area contributed by atoms with Crippen molar-refractivity contribution in [2.75, 3.05) is 12.4 Å². The van der Waals surface area contributed by atoms with E-state index in [4.69, 9.17) is 4.74 Å². The predicted molar refractivity (Wildman–Crippen MR) is 106 cm³/mol. The average Bonchev–Trinajstić information content (AvgIpc) is 3.10. The van der Waals surface area contributed by atoms with Gasteiger partial charge in [0, 0.05) is 35.6 Å². The Morgan fingerprint density at radius 3 is 2.56 bits per heavy atom. The van der Waals surface area contributed by atoms with Crippen LogP contribution >= 0.6 is 0 Å². The number of hydrogen-bond acceptors (Lipinski definition) is 3. The summed E-state index contributed by atoms with van der Waals surface area (Å²) in [4.78, 5) is 27.1. The van der Waals surface area contributed by atoms with Gasteiger partial charge in [-0.1, -0.05) is 19.1 Å². The van der Waals surface area contributed by atoms with Crippen LogP contribution in [-0.4, -0.2) is 23.9 Å². The van der Waals surface area contributed by atoms with E-state index in [2.05, 4.69) is 15.6 Å². The van der Waals surface area contributed by atoms with E-state index in [-0.39, 0.29) is 11.8 Å². The lowest BCUT2D eigenvalue weighted by molar-refractivity contribution is -0.116. The van der Waals surface area contributed by atoms with Crippen molar-refractivity contribution in [2.24, 2.45) is 0 Å². The Labute approximate surface area is 157 Å². The van der Waals surface area contributed by atoms with Crippen molar-refractivity contribution in [3.05, 3.63) is 59.8 Å². The molecule has 1 heterocycles. The molecule has 1 aromatic heterocycles. The van der Waals surface area contributed by atoms with Crippen molar-refractivity contribution in [2.45, 2.75) is 26.3 Å². The average molecular weight is 365 g/mol. The van der Waals surface area contributed by atoms with E-state index in [1.807, 2.05) is 55.5 Å². The molecule has 0 bridgehead atoms. The van der Waals surface area contributed by atoms with Crippen LogP contribution in [-0.2, 0) is 11.3 Å². The number of amides is 2. The second kappa shape index (κ2) is 8.40. The molecule has 0 fully saturated rings. The van der Waals surface area contributed by atoms with E-state index in [1.54, 1.807) is 7.11 Å². The van der Waals surface area contributed by atoms with Gasteiger partial charge < -0.3 is 20.4 Å². The number of carbonyl (C=O) groups is 2. The summed E-state index contributed by atoms with van der Waals surface area (Å²) < 4.78 is 5.20. The monoisotopic (exact) mass is 365 g/mol. The van der Waals surface area contributed by atoms with Crippen LogP contribution < -0.4 is 15.4 Å². The second-order valence-electron chi connectivity index (χ2n) is 6.31. The van der Waals surface area contributed by atoms with E-state index in [0.717, 1.165) is 34.3 Å². The Hall–Kier alpha value is -3.28. The summed E-state index contributed by atoms with van der Waals surface area (Å²) in [5.41, 5.74) is 3.07. The van der Waals surface area contributed by atoms with Crippen molar-refractivity contribution in [1.82, 2.24) is 10.3 Å². The van der Waals surface area contributed by atoms with Gasteiger partial charge in [0.15, 0.2) is 0 Å². The standard InChI is InChI=1S/C21H23N3O3/c1-3-4-20(25)23-16-8-5-14(6-9-16)13-22-21(26)19-11-15-7-10-17(27-2)12-18(15)24-19/h5-12,24H,3-4,13H2,1-2H3,(H,22,26)(H,23,25). The Morgan fingerprint density at radius 1 is 1.07 bits per heavy atom. The van der Waals surface area contributed by atoms with Crippen LogP contribution in [0.1, 0.15) is 35.8 Å². The molecule has 6 heteroatoms. The van der Waals surface area contributed by atoms with Crippen LogP contribution in [0.5, 0.6) is 5.75 Å². The molecule has 0 unspecified atom stereocenters. The minimum Gasteiger partial charge on any atom is -0.497 e.